The van der Waals surface area contributed by atoms with Gasteiger partial charge < -0.3 is 0 Å². The predicted octanol–water partition coefficient (Wildman–Crippen LogP) is 5.23. The number of hydrogen-bond acceptors (Lipinski definition) is 2. The van der Waals surface area contributed by atoms with Crippen LogP contribution in [-0.4, -0.2) is 8.42 Å². The minimum Gasteiger partial charge on any atom is -0.219 e. The highest BCUT2D eigenvalue weighted by molar-refractivity contribution is 8.00. The third-order valence-electron chi connectivity index (χ3n) is 3.23. The molecule has 2 nitrogen and oxygen atoms in total. The van der Waals surface area contributed by atoms with Crippen LogP contribution in [0.1, 0.15) is 25.3 Å². The second kappa shape index (κ2) is 7.23. The lowest BCUT2D eigenvalue weighted by atomic mass is 10.1. The maximum Gasteiger partial charge on any atom is 0.206 e. The molecule has 0 aliphatic rings. The second-order valence-electron chi connectivity index (χ2n) is 4.94. The van der Waals surface area contributed by atoms with Gasteiger partial charge in [-0.3, -0.25) is 0 Å². The molecule has 0 saturated heterocycles. The number of rotatable bonds is 5. The molecule has 0 saturated carbocycles. The Labute approximate surface area is 139 Å². The molecule has 122 valence electrons. The first-order valence-corrected chi connectivity index (χ1v) is 8.88. The number of benzene rings is 2. The van der Waals surface area contributed by atoms with E-state index in [2.05, 4.69) is 0 Å². The molecule has 0 spiro atoms. The summed E-state index contributed by atoms with van der Waals surface area (Å²) >= 11 is 5.77. The zero-order valence-electron chi connectivity index (χ0n) is 12.4. The molecular formula is C17H15ClF2O2S. The van der Waals surface area contributed by atoms with E-state index in [1.807, 2.05) is 6.92 Å². The highest BCUT2D eigenvalue weighted by Gasteiger charge is 2.24. The van der Waals surface area contributed by atoms with E-state index in [9.17, 15) is 17.2 Å². The number of halogens is 3. The van der Waals surface area contributed by atoms with Gasteiger partial charge in [-0.25, -0.2) is 17.2 Å². The molecule has 2 aromatic rings. The molecule has 0 N–H and O–H groups in total. The number of unbranched alkanes of at least 4 members (excludes halogenated alkanes) is 1. The summed E-state index contributed by atoms with van der Waals surface area (Å²) in [4.78, 5) is -0.258. The highest BCUT2D eigenvalue weighted by atomic mass is 35.5. The Morgan fingerprint density at radius 3 is 2.39 bits per heavy atom. The Balaban J connectivity index is 2.63. The lowest BCUT2D eigenvalue weighted by molar-refractivity contribution is 0.594. The van der Waals surface area contributed by atoms with E-state index >= 15 is 0 Å². The van der Waals surface area contributed by atoms with Gasteiger partial charge in [0, 0.05) is 10.6 Å². The average Bonchev–Trinajstić information content (AvgIpc) is 2.51. The van der Waals surface area contributed by atoms with Gasteiger partial charge in [-0.05, 0) is 48.9 Å². The van der Waals surface area contributed by atoms with Gasteiger partial charge in [-0.2, -0.15) is 0 Å². The molecule has 2 rings (SSSR count). The van der Waals surface area contributed by atoms with Gasteiger partial charge >= 0.3 is 0 Å². The smallest absolute Gasteiger partial charge is 0.206 e. The summed E-state index contributed by atoms with van der Waals surface area (Å²) in [7, 11) is -3.99. The van der Waals surface area contributed by atoms with Crippen LogP contribution < -0.4 is 0 Å². The van der Waals surface area contributed by atoms with Crippen LogP contribution in [0.15, 0.2) is 53.4 Å². The largest absolute Gasteiger partial charge is 0.219 e. The number of hydrogen-bond donors (Lipinski definition) is 0. The topological polar surface area (TPSA) is 34.1 Å². The minimum absolute atomic E-state index is 0.0204. The SMILES string of the molecule is CCCC=C(c1cc(F)ccc1F)S(=O)(=O)c1ccc(Cl)cc1. The zero-order valence-corrected chi connectivity index (χ0v) is 14.0. The summed E-state index contributed by atoms with van der Waals surface area (Å²) in [5.41, 5.74) is -0.270. The van der Waals surface area contributed by atoms with Crippen LogP contribution in [0, 0.1) is 11.6 Å². The van der Waals surface area contributed by atoms with E-state index in [1.54, 1.807) is 0 Å². The molecule has 23 heavy (non-hydrogen) atoms. The molecule has 6 heteroatoms. The van der Waals surface area contributed by atoms with Crippen molar-refractivity contribution in [1.29, 1.82) is 0 Å². The first kappa shape index (κ1) is 17.6. The fraction of sp³-hybridized carbons (Fsp3) is 0.176. The molecule has 0 aromatic heterocycles. The lowest BCUT2D eigenvalue weighted by Gasteiger charge is -2.11. The zero-order chi connectivity index (χ0) is 17.0. The van der Waals surface area contributed by atoms with Crippen molar-refractivity contribution in [1.82, 2.24) is 0 Å². The van der Waals surface area contributed by atoms with Crippen molar-refractivity contribution in [3.8, 4) is 0 Å². The summed E-state index contributed by atoms with van der Waals surface area (Å²) in [5.74, 6) is -1.48. The first-order valence-electron chi connectivity index (χ1n) is 7.02. The molecule has 0 amide bonds. The first-order chi connectivity index (χ1) is 10.9. The van der Waals surface area contributed by atoms with Crippen molar-refractivity contribution in [2.75, 3.05) is 0 Å². The van der Waals surface area contributed by atoms with E-state index in [1.165, 1.54) is 30.3 Å². The highest BCUT2D eigenvalue weighted by Crippen LogP contribution is 2.31. The summed E-state index contributed by atoms with van der Waals surface area (Å²) < 4.78 is 53.2. The van der Waals surface area contributed by atoms with E-state index in [4.69, 9.17) is 11.6 Å². The molecule has 0 aliphatic heterocycles. The van der Waals surface area contributed by atoms with Gasteiger partial charge in [0.2, 0.25) is 9.84 Å². The van der Waals surface area contributed by atoms with Crippen molar-refractivity contribution in [2.24, 2.45) is 0 Å². The van der Waals surface area contributed by atoms with Crippen molar-refractivity contribution in [2.45, 2.75) is 24.7 Å². The molecular weight excluding hydrogens is 342 g/mol. The van der Waals surface area contributed by atoms with Crippen LogP contribution >= 0.6 is 11.6 Å². The van der Waals surface area contributed by atoms with Gasteiger partial charge in [0.15, 0.2) is 0 Å². The minimum atomic E-state index is -3.99. The number of sulfone groups is 1. The van der Waals surface area contributed by atoms with Crippen LogP contribution in [-0.2, 0) is 9.84 Å². The van der Waals surface area contributed by atoms with Gasteiger partial charge in [-0.15, -0.1) is 0 Å². The molecule has 2 aromatic carbocycles. The van der Waals surface area contributed by atoms with Crippen molar-refractivity contribution >= 4 is 26.3 Å². The lowest BCUT2D eigenvalue weighted by Crippen LogP contribution is -2.06. The van der Waals surface area contributed by atoms with Gasteiger partial charge in [0.05, 0.1) is 9.80 Å². The van der Waals surface area contributed by atoms with E-state index in [0.29, 0.717) is 17.9 Å². The summed E-state index contributed by atoms with van der Waals surface area (Å²) in [6, 6.07) is 8.32. The van der Waals surface area contributed by atoms with Gasteiger partial charge in [-0.1, -0.05) is 31.0 Å². The van der Waals surface area contributed by atoms with Crippen LogP contribution in [0.25, 0.3) is 4.91 Å². The third kappa shape index (κ3) is 3.98. The molecule has 0 fully saturated rings. The number of allylic oxidation sites excluding steroid dienone is 1. The van der Waals surface area contributed by atoms with Crippen molar-refractivity contribution < 1.29 is 17.2 Å². The third-order valence-corrected chi connectivity index (χ3v) is 5.34. The van der Waals surface area contributed by atoms with Crippen LogP contribution in [0.3, 0.4) is 0 Å². The predicted molar refractivity (Wildman–Crippen MR) is 87.9 cm³/mol. The maximum absolute atomic E-state index is 14.1. The fourth-order valence-corrected chi connectivity index (χ4v) is 3.72. The Hall–Kier alpha value is -1.72. The fourth-order valence-electron chi connectivity index (χ4n) is 2.07. The summed E-state index contributed by atoms with van der Waals surface area (Å²) in [5, 5.41) is 0.389. The average molecular weight is 357 g/mol. The van der Waals surface area contributed by atoms with Crippen LogP contribution in [0.2, 0.25) is 5.02 Å². The Kier molecular flexibility index (Phi) is 5.55. The van der Waals surface area contributed by atoms with Crippen molar-refractivity contribution in [3.63, 3.8) is 0 Å². The summed E-state index contributed by atoms with van der Waals surface area (Å²) in [6.07, 6.45) is 2.52. The standard InChI is InChI=1S/C17H15ClF2O2S/c1-2-3-4-17(15-11-13(19)7-10-16(15)20)23(21,22)14-8-5-12(18)6-9-14/h4-11H,2-3H2,1H3. The van der Waals surface area contributed by atoms with Crippen LogP contribution in [0.5, 0.6) is 0 Å². The Morgan fingerprint density at radius 1 is 1.13 bits per heavy atom. The Bertz CT molecular complexity index is 828. The van der Waals surface area contributed by atoms with E-state index in [-0.39, 0.29) is 15.4 Å². The molecule has 0 atom stereocenters. The van der Waals surface area contributed by atoms with E-state index in [0.717, 1.165) is 18.2 Å². The van der Waals surface area contributed by atoms with E-state index < -0.39 is 21.5 Å². The normalized spacial score (nSPS) is 12.4. The monoisotopic (exact) mass is 356 g/mol. The molecule has 0 aliphatic carbocycles. The second-order valence-corrected chi connectivity index (χ2v) is 7.29. The van der Waals surface area contributed by atoms with Gasteiger partial charge in [0.25, 0.3) is 0 Å². The molecule has 0 unspecified atom stereocenters. The maximum atomic E-state index is 14.1. The van der Waals surface area contributed by atoms with Crippen LogP contribution in [0.4, 0.5) is 8.78 Å². The molecule has 0 radical (unpaired) electrons. The molecule has 0 heterocycles. The van der Waals surface area contributed by atoms with Crippen molar-refractivity contribution in [3.05, 3.63) is 70.8 Å². The Morgan fingerprint density at radius 2 is 1.78 bits per heavy atom. The molecule has 0 bridgehead atoms. The van der Waals surface area contributed by atoms with Gasteiger partial charge in [0.1, 0.15) is 11.6 Å². The summed E-state index contributed by atoms with van der Waals surface area (Å²) in [6.45, 7) is 1.87. The quantitative estimate of drug-likeness (QED) is 0.734.